The van der Waals surface area contributed by atoms with E-state index >= 15 is 0 Å². The molecule has 0 aliphatic carbocycles. The molecule has 0 spiro atoms. The van der Waals surface area contributed by atoms with Crippen LogP contribution in [0.1, 0.15) is 30.0 Å². The lowest BCUT2D eigenvalue weighted by molar-refractivity contribution is -0.192. The number of likely N-dealkylation sites (tertiary alicyclic amines) is 1. The normalized spacial score (nSPS) is 16.4. The number of halogens is 6. The van der Waals surface area contributed by atoms with Gasteiger partial charge in [-0.3, -0.25) is 4.79 Å². The van der Waals surface area contributed by atoms with Gasteiger partial charge < -0.3 is 25.0 Å². The maximum Gasteiger partial charge on any atom is 0.490 e. The molecule has 2 aliphatic rings. The van der Waals surface area contributed by atoms with Crippen LogP contribution < -0.4 is 10.1 Å². The predicted octanol–water partition coefficient (Wildman–Crippen LogP) is 3.93. The molecule has 0 bridgehead atoms. The third-order valence-electron chi connectivity index (χ3n) is 6.89. The van der Waals surface area contributed by atoms with Gasteiger partial charge in [-0.05, 0) is 49.6 Å². The third-order valence-corrected chi connectivity index (χ3v) is 6.89. The number of rotatable bonds is 4. The van der Waals surface area contributed by atoms with Crippen LogP contribution in [0.3, 0.4) is 0 Å². The number of carboxylic acids is 1. The summed E-state index contributed by atoms with van der Waals surface area (Å²) in [4.78, 5) is 32.6. The van der Waals surface area contributed by atoms with E-state index in [1.54, 1.807) is 24.2 Å². The number of nitrogens with one attached hydrogen (secondary N) is 1. The molecule has 11 nitrogen and oxygen atoms in total. The van der Waals surface area contributed by atoms with Crippen LogP contribution in [0.2, 0.25) is 0 Å². The Bertz CT molecular complexity index is 1450. The van der Waals surface area contributed by atoms with Crippen molar-refractivity contribution in [1.82, 2.24) is 29.5 Å². The number of aliphatic carboxylic acids is 1. The molecule has 1 amide bonds. The van der Waals surface area contributed by atoms with Gasteiger partial charge in [0.15, 0.2) is 5.65 Å². The highest BCUT2D eigenvalue weighted by molar-refractivity contribution is 5.82. The van der Waals surface area contributed by atoms with Gasteiger partial charge in [-0.15, -0.1) is 0 Å². The number of methoxy groups -OCH3 is 1. The van der Waals surface area contributed by atoms with Crippen molar-refractivity contribution in [1.29, 1.82) is 0 Å². The number of hydrogen-bond donors (Lipinski definition) is 2. The highest BCUT2D eigenvalue weighted by Crippen LogP contribution is 2.34. The zero-order valence-electron chi connectivity index (χ0n) is 22.5. The van der Waals surface area contributed by atoms with Crippen LogP contribution >= 0.6 is 0 Å². The topological polar surface area (TPSA) is 126 Å². The Morgan fingerprint density at radius 1 is 1.02 bits per heavy atom. The van der Waals surface area contributed by atoms with E-state index in [1.165, 1.54) is 11.1 Å². The fraction of sp³-hybridized carbons (Fsp3) is 0.480. The average molecular weight is 604 g/mol. The molecule has 1 saturated heterocycles. The van der Waals surface area contributed by atoms with Gasteiger partial charge in [0.2, 0.25) is 5.95 Å². The minimum atomic E-state index is -5.08. The second-order valence-electron chi connectivity index (χ2n) is 9.82. The molecule has 2 N–H and O–H groups in total. The van der Waals surface area contributed by atoms with Gasteiger partial charge in [0.05, 0.1) is 30.4 Å². The Morgan fingerprint density at radius 3 is 2.29 bits per heavy atom. The Labute approximate surface area is 235 Å². The summed E-state index contributed by atoms with van der Waals surface area (Å²) in [6.07, 6.45) is -4.96. The molecule has 2 aromatic heterocycles. The van der Waals surface area contributed by atoms with Crippen LogP contribution in [0.5, 0.6) is 5.75 Å². The molecule has 17 heteroatoms. The zero-order valence-corrected chi connectivity index (χ0v) is 22.5. The number of fused-ring (bicyclic) bond motifs is 2. The van der Waals surface area contributed by atoms with Gasteiger partial charge >= 0.3 is 24.2 Å². The maximum atomic E-state index is 12.8. The highest BCUT2D eigenvalue weighted by Gasteiger charge is 2.43. The first-order valence-corrected chi connectivity index (χ1v) is 12.7. The van der Waals surface area contributed by atoms with E-state index in [0.717, 1.165) is 35.5 Å². The predicted molar refractivity (Wildman–Crippen MR) is 136 cm³/mol. The van der Waals surface area contributed by atoms with Crippen LogP contribution in [0.25, 0.3) is 11.0 Å². The molecule has 4 heterocycles. The summed E-state index contributed by atoms with van der Waals surface area (Å²) >= 11 is 0. The smallest absolute Gasteiger partial charge is 0.490 e. The van der Waals surface area contributed by atoms with E-state index in [-0.39, 0.29) is 19.1 Å². The molecule has 42 heavy (non-hydrogen) atoms. The van der Waals surface area contributed by atoms with E-state index in [0.29, 0.717) is 30.2 Å². The summed E-state index contributed by atoms with van der Waals surface area (Å²) in [5, 5.41) is 15.5. The molecule has 2 aliphatic heterocycles. The first kappa shape index (κ1) is 30.8. The number of nitrogens with zero attached hydrogens (tertiary/aromatic N) is 6. The summed E-state index contributed by atoms with van der Waals surface area (Å²) in [7, 11) is 3.71. The highest BCUT2D eigenvalue weighted by atomic mass is 19.4. The summed E-state index contributed by atoms with van der Waals surface area (Å²) in [5.74, 6) is -3.48. The fourth-order valence-corrected chi connectivity index (χ4v) is 4.77. The first-order valence-electron chi connectivity index (χ1n) is 12.7. The number of carbonyl (C=O) groups is 2. The number of carboxylic acid groups (broad SMARTS) is 1. The number of benzene rings is 1. The van der Waals surface area contributed by atoms with Crippen molar-refractivity contribution in [3.05, 3.63) is 35.7 Å². The summed E-state index contributed by atoms with van der Waals surface area (Å²) in [6.45, 7) is 1.87. The van der Waals surface area contributed by atoms with Gasteiger partial charge in [-0.1, -0.05) is 0 Å². The minimum Gasteiger partial charge on any atom is -0.495 e. The van der Waals surface area contributed by atoms with Crippen LogP contribution in [0, 0.1) is 0 Å². The Morgan fingerprint density at radius 2 is 1.69 bits per heavy atom. The van der Waals surface area contributed by atoms with Gasteiger partial charge in [0.25, 0.3) is 0 Å². The molecule has 0 unspecified atom stereocenters. The number of piperidine rings is 1. The monoisotopic (exact) mass is 603 g/mol. The summed E-state index contributed by atoms with van der Waals surface area (Å²) < 4.78 is 77.3. The SMILES string of the molecule is COc1cc2c(cc1Nc1ncc3cnn(C4CCN(C(=O)C(F)(F)F)CC4)c3n1)CN(C)CC2.O=C(O)C(F)(F)F. The molecular weight excluding hydrogens is 576 g/mol. The number of hydrogen-bond acceptors (Lipinski definition) is 8. The van der Waals surface area contributed by atoms with Crippen molar-refractivity contribution in [2.45, 2.75) is 44.2 Å². The van der Waals surface area contributed by atoms with Gasteiger partial charge in [0.1, 0.15) is 5.75 Å². The number of alkyl halides is 6. The number of anilines is 2. The molecule has 228 valence electrons. The molecule has 3 aromatic rings. The second kappa shape index (κ2) is 12.0. The largest absolute Gasteiger partial charge is 0.495 e. The molecule has 0 radical (unpaired) electrons. The van der Waals surface area contributed by atoms with E-state index in [9.17, 15) is 31.1 Å². The number of ether oxygens (including phenoxy) is 1. The lowest BCUT2D eigenvalue weighted by Gasteiger charge is -2.32. The Kier molecular flexibility index (Phi) is 8.79. The van der Waals surface area contributed by atoms with Crippen LogP contribution in [0.4, 0.5) is 38.0 Å². The lowest BCUT2D eigenvalue weighted by Crippen LogP contribution is -2.45. The zero-order chi connectivity index (χ0) is 30.8. The summed E-state index contributed by atoms with van der Waals surface area (Å²) in [5.41, 5.74) is 3.81. The van der Waals surface area contributed by atoms with Crippen LogP contribution in [0.15, 0.2) is 24.5 Å². The van der Waals surface area contributed by atoms with Crippen molar-refractivity contribution in [3.63, 3.8) is 0 Å². The molecule has 5 rings (SSSR count). The average Bonchev–Trinajstić information content (AvgIpc) is 3.35. The molecular formula is C25H27F6N7O4. The Balaban J connectivity index is 0.000000517. The van der Waals surface area contributed by atoms with Crippen molar-refractivity contribution in [2.75, 3.05) is 39.1 Å². The van der Waals surface area contributed by atoms with Crippen molar-refractivity contribution in [2.24, 2.45) is 0 Å². The number of carbonyl (C=O) groups excluding carboxylic acids is 1. The quantitative estimate of drug-likeness (QED) is 0.427. The van der Waals surface area contributed by atoms with Crippen molar-refractivity contribution < 1.29 is 45.8 Å². The van der Waals surface area contributed by atoms with Crippen molar-refractivity contribution >= 4 is 34.5 Å². The third kappa shape index (κ3) is 7.00. The molecule has 0 saturated carbocycles. The lowest BCUT2D eigenvalue weighted by atomic mass is 9.99. The second-order valence-corrected chi connectivity index (χ2v) is 9.82. The van der Waals surface area contributed by atoms with E-state index in [2.05, 4.69) is 38.4 Å². The standard InChI is InChI=1S/C23H26F3N7O2.C2HF3O2/c1-31-6-3-14-10-19(35-2)18(9-15(14)13-31)29-22-27-11-16-12-28-33(20(16)30-22)17-4-7-32(8-5-17)21(34)23(24,25)26;3-2(4,5)1(6)7/h9-12,17H,3-8,13H2,1-2H3,(H,27,29,30);(H,6,7). The molecule has 1 fully saturated rings. The van der Waals surface area contributed by atoms with E-state index < -0.39 is 24.2 Å². The minimum absolute atomic E-state index is 0.0152. The Hall–Kier alpha value is -4.15. The van der Waals surface area contributed by atoms with Crippen molar-refractivity contribution in [3.8, 4) is 5.75 Å². The molecule has 0 atom stereocenters. The maximum absolute atomic E-state index is 12.8. The van der Waals surface area contributed by atoms with Gasteiger partial charge in [0, 0.05) is 32.4 Å². The van der Waals surface area contributed by atoms with Gasteiger partial charge in [-0.2, -0.15) is 36.4 Å². The van der Waals surface area contributed by atoms with E-state index in [4.69, 9.17) is 14.6 Å². The number of likely N-dealkylation sites (N-methyl/N-ethyl adjacent to an activating group) is 1. The number of aromatic nitrogens is 4. The van der Waals surface area contributed by atoms with Gasteiger partial charge in [-0.25, -0.2) is 14.5 Å². The summed E-state index contributed by atoms with van der Waals surface area (Å²) in [6, 6.07) is 3.94. The van der Waals surface area contributed by atoms with Crippen LogP contribution in [-0.4, -0.2) is 92.7 Å². The van der Waals surface area contributed by atoms with Crippen LogP contribution in [-0.2, 0) is 22.6 Å². The fourth-order valence-electron chi connectivity index (χ4n) is 4.77. The first-order chi connectivity index (χ1) is 19.7. The van der Waals surface area contributed by atoms with E-state index in [1.807, 2.05) is 6.07 Å². The molecule has 1 aromatic carbocycles. The number of amides is 1.